The molecule has 27 heavy (non-hydrogen) atoms. The summed E-state index contributed by atoms with van der Waals surface area (Å²) in [6, 6.07) is 13.5. The van der Waals surface area contributed by atoms with Crippen LogP contribution in [0.15, 0.2) is 53.5 Å². The number of fused-ring (bicyclic) bond motifs is 1. The summed E-state index contributed by atoms with van der Waals surface area (Å²) >= 11 is 1.56. The molecule has 1 heterocycles. The molecule has 0 aliphatic rings. The Labute approximate surface area is 160 Å². The summed E-state index contributed by atoms with van der Waals surface area (Å²) < 4.78 is 27.7. The number of aliphatic hydroxyl groups is 1. The Morgan fingerprint density at radius 2 is 1.96 bits per heavy atom. The Hall–Kier alpha value is -2.51. The second kappa shape index (κ2) is 8.92. The fourth-order valence-corrected chi connectivity index (χ4v) is 3.77. The van der Waals surface area contributed by atoms with Crippen LogP contribution in [-0.2, 0) is 6.42 Å². The van der Waals surface area contributed by atoms with Gasteiger partial charge in [-0.3, -0.25) is 4.99 Å². The zero-order valence-corrected chi connectivity index (χ0v) is 15.7. The molecule has 0 aliphatic carbocycles. The SMILES string of the molecule is CN=C(NCCc1ccc(F)cc1F)NCC(O)c1cc2ccccc2s1. The van der Waals surface area contributed by atoms with E-state index in [1.807, 2.05) is 30.3 Å². The largest absolute Gasteiger partial charge is 0.386 e. The van der Waals surface area contributed by atoms with E-state index in [4.69, 9.17) is 0 Å². The molecule has 0 spiro atoms. The molecule has 4 nitrogen and oxygen atoms in total. The van der Waals surface area contributed by atoms with E-state index in [9.17, 15) is 13.9 Å². The number of rotatable bonds is 6. The van der Waals surface area contributed by atoms with E-state index in [1.165, 1.54) is 12.1 Å². The van der Waals surface area contributed by atoms with Crippen molar-refractivity contribution >= 4 is 27.4 Å². The summed E-state index contributed by atoms with van der Waals surface area (Å²) in [7, 11) is 1.62. The van der Waals surface area contributed by atoms with Crippen molar-refractivity contribution in [3.63, 3.8) is 0 Å². The maximum absolute atomic E-state index is 13.6. The van der Waals surface area contributed by atoms with E-state index < -0.39 is 17.7 Å². The summed E-state index contributed by atoms with van der Waals surface area (Å²) in [5.74, 6) is -0.630. The Morgan fingerprint density at radius 1 is 1.15 bits per heavy atom. The molecule has 0 saturated heterocycles. The van der Waals surface area contributed by atoms with E-state index in [0.29, 0.717) is 31.0 Å². The highest BCUT2D eigenvalue weighted by molar-refractivity contribution is 7.19. The predicted octanol–water partition coefficient (Wildman–Crippen LogP) is 3.62. The second-order valence-corrected chi connectivity index (χ2v) is 7.18. The molecular weight excluding hydrogens is 368 g/mol. The van der Waals surface area contributed by atoms with Gasteiger partial charge < -0.3 is 15.7 Å². The maximum atomic E-state index is 13.6. The van der Waals surface area contributed by atoms with Crippen molar-refractivity contribution in [1.29, 1.82) is 0 Å². The molecule has 0 bridgehead atoms. The predicted molar refractivity (Wildman–Crippen MR) is 106 cm³/mol. The normalized spacial score (nSPS) is 13.0. The van der Waals surface area contributed by atoms with Crippen molar-refractivity contribution in [2.24, 2.45) is 4.99 Å². The van der Waals surface area contributed by atoms with Gasteiger partial charge in [-0.15, -0.1) is 11.3 Å². The van der Waals surface area contributed by atoms with Crippen LogP contribution in [0.3, 0.4) is 0 Å². The van der Waals surface area contributed by atoms with Gasteiger partial charge in [0.2, 0.25) is 0 Å². The Morgan fingerprint density at radius 3 is 2.70 bits per heavy atom. The zero-order valence-electron chi connectivity index (χ0n) is 14.9. The lowest BCUT2D eigenvalue weighted by Crippen LogP contribution is -2.40. The van der Waals surface area contributed by atoms with E-state index in [-0.39, 0.29) is 0 Å². The van der Waals surface area contributed by atoms with Crippen molar-refractivity contribution < 1.29 is 13.9 Å². The minimum Gasteiger partial charge on any atom is -0.386 e. The Bertz CT molecular complexity index is 909. The van der Waals surface area contributed by atoms with Crippen LogP contribution < -0.4 is 10.6 Å². The van der Waals surface area contributed by atoms with Gasteiger partial charge in [-0.05, 0) is 35.6 Å². The number of hydrogen-bond donors (Lipinski definition) is 3. The molecule has 3 rings (SSSR count). The molecule has 1 unspecified atom stereocenters. The van der Waals surface area contributed by atoms with Crippen LogP contribution in [0.4, 0.5) is 8.78 Å². The van der Waals surface area contributed by atoms with Crippen LogP contribution in [0.5, 0.6) is 0 Å². The second-order valence-electron chi connectivity index (χ2n) is 6.07. The molecule has 1 aromatic heterocycles. The lowest BCUT2D eigenvalue weighted by molar-refractivity contribution is 0.184. The van der Waals surface area contributed by atoms with Gasteiger partial charge in [0.05, 0.1) is 0 Å². The number of nitrogens with one attached hydrogen (secondary N) is 2. The average molecular weight is 389 g/mol. The van der Waals surface area contributed by atoms with E-state index in [0.717, 1.165) is 21.0 Å². The molecule has 1 atom stereocenters. The molecule has 0 saturated carbocycles. The molecule has 0 radical (unpaired) electrons. The van der Waals surface area contributed by atoms with Crippen molar-refractivity contribution in [2.75, 3.05) is 20.1 Å². The molecule has 3 aromatic rings. The topological polar surface area (TPSA) is 56.7 Å². The molecule has 3 N–H and O–H groups in total. The third-order valence-corrected chi connectivity index (χ3v) is 5.38. The van der Waals surface area contributed by atoms with Gasteiger partial charge in [0.1, 0.15) is 17.7 Å². The van der Waals surface area contributed by atoms with Gasteiger partial charge in [0.25, 0.3) is 0 Å². The highest BCUT2D eigenvalue weighted by Crippen LogP contribution is 2.29. The van der Waals surface area contributed by atoms with Crippen LogP contribution in [-0.4, -0.2) is 31.2 Å². The lowest BCUT2D eigenvalue weighted by Gasteiger charge is -2.14. The lowest BCUT2D eigenvalue weighted by atomic mass is 10.1. The van der Waals surface area contributed by atoms with Gasteiger partial charge in [-0.25, -0.2) is 8.78 Å². The van der Waals surface area contributed by atoms with E-state index in [1.54, 1.807) is 18.4 Å². The zero-order chi connectivity index (χ0) is 19.2. The van der Waals surface area contributed by atoms with Crippen LogP contribution in [0.1, 0.15) is 16.5 Å². The number of halogens is 2. The number of thiophene rings is 1. The number of guanidine groups is 1. The number of aliphatic imine (C=N–C) groups is 1. The molecule has 2 aromatic carbocycles. The molecule has 7 heteroatoms. The fraction of sp³-hybridized carbons (Fsp3) is 0.250. The van der Waals surface area contributed by atoms with Crippen LogP contribution in [0, 0.1) is 11.6 Å². The maximum Gasteiger partial charge on any atom is 0.191 e. The first-order valence-corrected chi connectivity index (χ1v) is 9.43. The first kappa shape index (κ1) is 19.3. The van der Waals surface area contributed by atoms with Gasteiger partial charge in [0, 0.05) is 35.8 Å². The van der Waals surface area contributed by atoms with Crippen molar-refractivity contribution in [2.45, 2.75) is 12.5 Å². The number of aliphatic hydroxyl groups excluding tert-OH is 1. The first-order chi connectivity index (χ1) is 13.1. The van der Waals surface area contributed by atoms with Gasteiger partial charge in [-0.1, -0.05) is 24.3 Å². The minimum atomic E-state index is -0.657. The third kappa shape index (κ3) is 5.02. The van der Waals surface area contributed by atoms with E-state index in [2.05, 4.69) is 15.6 Å². The minimum absolute atomic E-state index is 0.303. The van der Waals surface area contributed by atoms with Crippen molar-refractivity contribution in [3.05, 3.63) is 70.6 Å². The Balaban J connectivity index is 1.49. The average Bonchev–Trinajstić information content (AvgIpc) is 3.10. The molecular formula is C20H21F2N3OS. The quantitative estimate of drug-likeness (QED) is 0.446. The summed E-state index contributed by atoms with van der Waals surface area (Å²) in [6.07, 6.45) is -0.262. The number of benzene rings is 2. The number of nitrogens with zero attached hydrogens (tertiary/aromatic N) is 1. The Kier molecular flexibility index (Phi) is 6.36. The summed E-state index contributed by atoms with van der Waals surface area (Å²) in [4.78, 5) is 4.98. The monoisotopic (exact) mass is 389 g/mol. The standard InChI is InChI=1S/C20H21F2N3OS/c1-23-20(24-9-8-13-6-7-15(21)11-16(13)22)25-12-17(26)19-10-14-4-2-3-5-18(14)27-19/h2-7,10-11,17,26H,8-9,12H2,1H3,(H2,23,24,25). The molecule has 142 valence electrons. The number of hydrogen-bond acceptors (Lipinski definition) is 3. The first-order valence-electron chi connectivity index (χ1n) is 8.62. The van der Waals surface area contributed by atoms with Gasteiger partial charge in [-0.2, -0.15) is 0 Å². The van der Waals surface area contributed by atoms with Gasteiger partial charge >= 0.3 is 0 Å². The van der Waals surface area contributed by atoms with Gasteiger partial charge in [0.15, 0.2) is 5.96 Å². The molecule has 0 aliphatic heterocycles. The van der Waals surface area contributed by atoms with Crippen LogP contribution >= 0.6 is 11.3 Å². The summed E-state index contributed by atoms with van der Waals surface area (Å²) in [5.41, 5.74) is 0.435. The third-order valence-electron chi connectivity index (χ3n) is 4.16. The van der Waals surface area contributed by atoms with Crippen LogP contribution in [0.25, 0.3) is 10.1 Å². The molecule has 0 fully saturated rings. The van der Waals surface area contributed by atoms with E-state index >= 15 is 0 Å². The van der Waals surface area contributed by atoms with Crippen molar-refractivity contribution in [3.8, 4) is 0 Å². The molecule has 0 amide bonds. The van der Waals surface area contributed by atoms with Crippen LogP contribution in [0.2, 0.25) is 0 Å². The highest BCUT2D eigenvalue weighted by atomic mass is 32.1. The fourth-order valence-electron chi connectivity index (χ4n) is 2.72. The highest BCUT2D eigenvalue weighted by Gasteiger charge is 2.12. The summed E-state index contributed by atoms with van der Waals surface area (Å²) in [6.45, 7) is 0.735. The van der Waals surface area contributed by atoms with Crippen molar-refractivity contribution in [1.82, 2.24) is 10.6 Å². The smallest absolute Gasteiger partial charge is 0.191 e. The summed E-state index contributed by atoms with van der Waals surface area (Å²) in [5, 5.41) is 17.7.